The molecule has 1 aliphatic rings. The minimum atomic E-state index is -0.525. The second-order valence-corrected chi connectivity index (χ2v) is 7.35. The first-order valence-corrected chi connectivity index (χ1v) is 9.53. The molecule has 3 heterocycles. The monoisotopic (exact) mass is 395 g/mol. The van der Waals surface area contributed by atoms with Crippen LogP contribution in [0.2, 0.25) is 0 Å². The van der Waals surface area contributed by atoms with Gasteiger partial charge in [-0.2, -0.15) is 0 Å². The third kappa shape index (κ3) is 4.08. The van der Waals surface area contributed by atoms with Crippen LogP contribution in [-0.4, -0.2) is 36.5 Å². The molecule has 8 nitrogen and oxygen atoms in total. The molecule has 0 aromatic carbocycles. The molecule has 2 N–H and O–H groups in total. The molecule has 1 saturated carbocycles. The quantitative estimate of drug-likeness (QED) is 0.664. The van der Waals surface area contributed by atoms with Gasteiger partial charge in [-0.25, -0.2) is 24.3 Å². The van der Waals surface area contributed by atoms with E-state index in [9.17, 15) is 9.18 Å². The lowest BCUT2D eigenvalue weighted by Crippen LogP contribution is -2.26. The number of hydrogen-bond donors (Lipinski definition) is 2. The Kier molecular flexibility index (Phi) is 4.96. The molecular weight excluding hydrogens is 373 g/mol. The molecule has 0 radical (unpaired) electrons. The lowest BCUT2D eigenvalue weighted by Gasteiger charge is -2.14. The average molecular weight is 395 g/mol. The summed E-state index contributed by atoms with van der Waals surface area (Å²) < 4.78 is 16.4. The Labute approximate surface area is 167 Å². The number of carbonyl (C=O) groups excluding carboxylic acids is 1. The number of nitrogens with zero attached hydrogens (tertiary/aromatic N) is 5. The molecule has 1 fully saturated rings. The van der Waals surface area contributed by atoms with E-state index in [2.05, 4.69) is 30.6 Å². The standard InChI is InChI=1S/C20H22FN7O/c1-11(2)28-12(3)22-10-17(28)18-15(21)9-24-20(27-18)26-14-6-7-16(23-8-14)19(29)25-13-4-5-13/h6-11,13H,4-5H2,1-3H3,(H,25,29)(H,24,26,27). The molecule has 29 heavy (non-hydrogen) atoms. The predicted octanol–water partition coefficient (Wildman–Crippen LogP) is 3.40. The first kappa shape index (κ1) is 19.0. The summed E-state index contributed by atoms with van der Waals surface area (Å²) in [5.41, 5.74) is 1.70. The van der Waals surface area contributed by atoms with Crippen molar-refractivity contribution in [2.75, 3.05) is 5.32 Å². The summed E-state index contributed by atoms with van der Waals surface area (Å²) in [7, 11) is 0. The summed E-state index contributed by atoms with van der Waals surface area (Å²) in [5.74, 6) is 0.304. The van der Waals surface area contributed by atoms with Gasteiger partial charge in [0.1, 0.15) is 17.2 Å². The molecule has 4 rings (SSSR count). The van der Waals surface area contributed by atoms with Crippen molar-refractivity contribution in [3.8, 4) is 11.4 Å². The number of anilines is 2. The molecule has 0 spiro atoms. The van der Waals surface area contributed by atoms with Gasteiger partial charge in [-0.05, 0) is 45.7 Å². The van der Waals surface area contributed by atoms with Crippen LogP contribution in [-0.2, 0) is 0 Å². The highest BCUT2D eigenvalue weighted by Gasteiger charge is 2.24. The van der Waals surface area contributed by atoms with E-state index in [-0.39, 0.29) is 29.6 Å². The van der Waals surface area contributed by atoms with E-state index in [4.69, 9.17) is 0 Å². The van der Waals surface area contributed by atoms with Crippen molar-refractivity contribution in [2.45, 2.75) is 45.7 Å². The van der Waals surface area contributed by atoms with Gasteiger partial charge in [0.25, 0.3) is 5.91 Å². The van der Waals surface area contributed by atoms with Crippen molar-refractivity contribution < 1.29 is 9.18 Å². The maximum Gasteiger partial charge on any atom is 0.270 e. The molecule has 0 atom stereocenters. The van der Waals surface area contributed by atoms with Gasteiger partial charge in [0.2, 0.25) is 5.95 Å². The zero-order valence-electron chi connectivity index (χ0n) is 16.5. The van der Waals surface area contributed by atoms with E-state index >= 15 is 0 Å². The van der Waals surface area contributed by atoms with Gasteiger partial charge in [-0.1, -0.05) is 0 Å². The van der Waals surface area contributed by atoms with Crippen molar-refractivity contribution in [3.05, 3.63) is 48.1 Å². The van der Waals surface area contributed by atoms with Gasteiger partial charge >= 0.3 is 0 Å². The summed E-state index contributed by atoms with van der Waals surface area (Å²) in [4.78, 5) is 28.8. The molecule has 0 aliphatic heterocycles. The average Bonchev–Trinajstić information content (AvgIpc) is 3.42. The normalized spacial score (nSPS) is 13.6. The number of halogens is 1. The Morgan fingerprint density at radius 3 is 2.62 bits per heavy atom. The van der Waals surface area contributed by atoms with Crippen LogP contribution in [0.5, 0.6) is 0 Å². The molecule has 1 amide bonds. The zero-order chi connectivity index (χ0) is 20.5. The number of aryl methyl sites for hydroxylation is 1. The number of aromatic nitrogens is 5. The minimum Gasteiger partial charge on any atom is -0.348 e. The molecule has 0 unspecified atom stereocenters. The number of rotatable bonds is 6. The fraction of sp³-hybridized carbons (Fsp3) is 0.350. The summed E-state index contributed by atoms with van der Waals surface area (Å²) in [6.07, 6.45) is 6.30. The maximum absolute atomic E-state index is 14.4. The van der Waals surface area contributed by atoms with Crippen molar-refractivity contribution in [1.82, 2.24) is 29.8 Å². The van der Waals surface area contributed by atoms with Crippen LogP contribution in [0, 0.1) is 12.7 Å². The highest BCUT2D eigenvalue weighted by atomic mass is 19.1. The van der Waals surface area contributed by atoms with Crippen LogP contribution in [0.15, 0.2) is 30.7 Å². The predicted molar refractivity (Wildman–Crippen MR) is 106 cm³/mol. The van der Waals surface area contributed by atoms with Crippen molar-refractivity contribution >= 4 is 17.5 Å². The van der Waals surface area contributed by atoms with Crippen LogP contribution in [0.4, 0.5) is 16.0 Å². The number of nitrogens with one attached hydrogen (secondary N) is 2. The zero-order valence-corrected chi connectivity index (χ0v) is 16.5. The fourth-order valence-electron chi connectivity index (χ4n) is 3.11. The number of carbonyl (C=O) groups is 1. The smallest absolute Gasteiger partial charge is 0.270 e. The Hall–Kier alpha value is -3.36. The van der Waals surface area contributed by atoms with Gasteiger partial charge in [0, 0.05) is 12.1 Å². The first-order chi connectivity index (χ1) is 13.9. The van der Waals surface area contributed by atoms with Gasteiger partial charge in [0.05, 0.1) is 30.0 Å². The molecule has 0 saturated heterocycles. The van der Waals surface area contributed by atoms with Crippen LogP contribution in [0.3, 0.4) is 0 Å². The minimum absolute atomic E-state index is 0.108. The third-order valence-corrected chi connectivity index (χ3v) is 4.65. The topological polar surface area (TPSA) is 97.6 Å². The number of hydrogen-bond acceptors (Lipinski definition) is 6. The highest BCUT2D eigenvalue weighted by Crippen LogP contribution is 2.26. The molecule has 3 aromatic rings. The summed E-state index contributed by atoms with van der Waals surface area (Å²) in [6, 6.07) is 3.72. The fourth-order valence-corrected chi connectivity index (χ4v) is 3.11. The van der Waals surface area contributed by atoms with E-state index in [0.29, 0.717) is 17.1 Å². The molecule has 9 heteroatoms. The van der Waals surface area contributed by atoms with Crippen LogP contribution in [0.1, 0.15) is 49.0 Å². The Morgan fingerprint density at radius 1 is 1.17 bits per heavy atom. The van der Waals surface area contributed by atoms with Gasteiger partial charge in [-0.15, -0.1) is 0 Å². The highest BCUT2D eigenvalue weighted by molar-refractivity contribution is 5.92. The van der Waals surface area contributed by atoms with Gasteiger partial charge in [0.15, 0.2) is 5.82 Å². The van der Waals surface area contributed by atoms with Crippen molar-refractivity contribution in [3.63, 3.8) is 0 Å². The SMILES string of the molecule is Cc1ncc(-c2nc(Nc3ccc(C(=O)NC4CC4)nc3)ncc2F)n1C(C)C. The lowest BCUT2D eigenvalue weighted by atomic mass is 10.2. The maximum atomic E-state index is 14.4. The molecular formula is C20H22FN7O. The Balaban J connectivity index is 1.56. The molecule has 1 aliphatic carbocycles. The summed E-state index contributed by atoms with van der Waals surface area (Å²) in [5, 5.41) is 5.89. The van der Waals surface area contributed by atoms with E-state index in [1.807, 2.05) is 25.3 Å². The summed E-state index contributed by atoms with van der Waals surface area (Å²) >= 11 is 0. The van der Waals surface area contributed by atoms with E-state index in [0.717, 1.165) is 24.9 Å². The van der Waals surface area contributed by atoms with Crippen LogP contribution in [0.25, 0.3) is 11.4 Å². The van der Waals surface area contributed by atoms with Crippen molar-refractivity contribution in [2.24, 2.45) is 0 Å². The molecule has 150 valence electrons. The van der Waals surface area contributed by atoms with E-state index in [1.165, 1.54) is 6.20 Å². The Bertz CT molecular complexity index is 1040. The summed E-state index contributed by atoms with van der Waals surface area (Å²) in [6.45, 7) is 5.88. The van der Waals surface area contributed by atoms with E-state index < -0.39 is 5.82 Å². The number of amides is 1. The number of pyridine rings is 1. The molecule has 3 aromatic heterocycles. The van der Waals surface area contributed by atoms with Crippen molar-refractivity contribution in [1.29, 1.82) is 0 Å². The second kappa shape index (κ2) is 7.57. The molecule has 0 bridgehead atoms. The van der Waals surface area contributed by atoms with Crippen LogP contribution < -0.4 is 10.6 Å². The Morgan fingerprint density at radius 2 is 1.97 bits per heavy atom. The van der Waals surface area contributed by atoms with Gasteiger partial charge in [-0.3, -0.25) is 4.79 Å². The van der Waals surface area contributed by atoms with Gasteiger partial charge < -0.3 is 15.2 Å². The lowest BCUT2D eigenvalue weighted by molar-refractivity contribution is 0.0946. The van der Waals surface area contributed by atoms with Crippen LogP contribution >= 0.6 is 0 Å². The largest absolute Gasteiger partial charge is 0.348 e. The third-order valence-electron chi connectivity index (χ3n) is 4.65. The van der Waals surface area contributed by atoms with E-state index in [1.54, 1.807) is 18.3 Å². The second-order valence-electron chi connectivity index (χ2n) is 7.35. The first-order valence-electron chi connectivity index (χ1n) is 9.53. The number of imidazole rings is 1.